The molecule has 0 bridgehead atoms. The maximum atomic E-state index is 14.2. The molecule has 28 heteroatoms. The van der Waals surface area contributed by atoms with E-state index in [0.717, 1.165) is 34.8 Å². The number of ether oxygens (including phenoxy) is 4. The Morgan fingerprint density at radius 2 is 0.886 bits per heavy atom. The van der Waals surface area contributed by atoms with Crippen LogP contribution in [0.3, 0.4) is 0 Å². The van der Waals surface area contributed by atoms with Crippen molar-refractivity contribution in [2.24, 2.45) is 0 Å². The minimum absolute atomic E-state index is 0.0577. The van der Waals surface area contributed by atoms with E-state index >= 15 is 0 Å². The summed E-state index contributed by atoms with van der Waals surface area (Å²) >= 11 is 0. The van der Waals surface area contributed by atoms with Crippen LogP contribution in [0.15, 0.2) is 48.6 Å². The van der Waals surface area contributed by atoms with Crippen LogP contribution in [0.25, 0.3) is 0 Å². The van der Waals surface area contributed by atoms with Gasteiger partial charge in [0.15, 0.2) is 26.4 Å². The van der Waals surface area contributed by atoms with Gasteiger partial charge in [0, 0.05) is 62.5 Å². The van der Waals surface area contributed by atoms with Crippen LogP contribution < -0.4 is 29.1 Å². The van der Waals surface area contributed by atoms with Gasteiger partial charge in [-0.2, -0.15) is 52.7 Å². The van der Waals surface area contributed by atoms with E-state index in [2.05, 4.69) is 0 Å². The number of alkyl halides is 12. The smallest absolute Gasteiger partial charge is 0.422 e. The molecule has 2 aromatic rings. The number of urea groups is 2. The van der Waals surface area contributed by atoms with Crippen LogP contribution in [0.1, 0.15) is 39.5 Å². The number of halogens is 12. The molecule has 392 valence electrons. The van der Waals surface area contributed by atoms with E-state index in [4.69, 9.17) is 28.6 Å². The number of hydroxylamine groups is 2. The van der Waals surface area contributed by atoms with E-state index in [1.807, 2.05) is 9.80 Å². The number of benzene rings is 2. The van der Waals surface area contributed by atoms with Gasteiger partial charge in [0.1, 0.15) is 34.4 Å². The Kier molecular flexibility index (Phi) is 19.5. The second-order valence-electron chi connectivity index (χ2n) is 15.8. The predicted molar refractivity (Wildman–Crippen MR) is 222 cm³/mol. The van der Waals surface area contributed by atoms with Crippen molar-refractivity contribution < 1.29 is 100 Å². The highest BCUT2D eigenvalue weighted by molar-refractivity contribution is 5.99. The Labute approximate surface area is 393 Å². The number of nitrogens with zero attached hydrogens (tertiary/aromatic N) is 6. The molecule has 0 saturated carbocycles. The highest BCUT2D eigenvalue weighted by Gasteiger charge is 2.37. The van der Waals surface area contributed by atoms with E-state index in [-0.39, 0.29) is 60.5 Å². The summed E-state index contributed by atoms with van der Waals surface area (Å²) in [6.07, 6.45) is -16.7. The van der Waals surface area contributed by atoms with Crippen LogP contribution in [-0.2, 0) is 19.3 Å². The molecular weight excluding hydrogens is 976 g/mol. The second-order valence-corrected chi connectivity index (χ2v) is 15.8. The third kappa shape index (κ3) is 18.0. The number of carbonyl (C=O) groups excluding carboxylic acids is 4. The van der Waals surface area contributed by atoms with Gasteiger partial charge in [0.2, 0.25) is 0 Å². The van der Waals surface area contributed by atoms with E-state index < -0.39 is 110 Å². The van der Waals surface area contributed by atoms with Gasteiger partial charge < -0.3 is 48.2 Å². The number of likely N-dealkylation sites (tertiary alicyclic amines) is 2. The van der Waals surface area contributed by atoms with Crippen molar-refractivity contribution in [1.29, 1.82) is 0 Å². The molecule has 0 spiro atoms. The fraction of sp³-hybridized carbons (Fsp3) is 0.571. The molecule has 16 nitrogen and oxygen atoms in total. The summed E-state index contributed by atoms with van der Waals surface area (Å²) in [6.45, 7) is -3.96. The summed E-state index contributed by atoms with van der Waals surface area (Å²) in [5.41, 5.74) is -1.75. The van der Waals surface area contributed by atoms with Crippen molar-refractivity contribution >= 4 is 35.4 Å². The first-order chi connectivity index (χ1) is 32.6. The van der Waals surface area contributed by atoms with Crippen molar-refractivity contribution in [2.75, 3.05) is 89.9 Å². The first-order valence-corrected chi connectivity index (χ1v) is 21.3. The van der Waals surface area contributed by atoms with Crippen molar-refractivity contribution in [1.82, 2.24) is 19.6 Å². The molecule has 4 rings (SSSR count). The molecule has 2 atom stereocenters. The first kappa shape index (κ1) is 56.5. The summed E-state index contributed by atoms with van der Waals surface area (Å²) in [7, 11) is 3.50. The topological polar surface area (TPSA) is 143 Å². The van der Waals surface area contributed by atoms with Crippen LogP contribution in [0, 0.1) is 0 Å². The largest absolute Gasteiger partial charge is 0.484 e. The fourth-order valence-electron chi connectivity index (χ4n) is 7.01. The van der Waals surface area contributed by atoms with Crippen molar-refractivity contribution in [3.63, 3.8) is 0 Å². The number of carbonyl (C=O) groups is 4. The zero-order chi connectivity index (χ0) is 52.2. The van der Waals surface area contributed by atoms with Crippen molar-refractivity contribution in [2.45, 2.75) is 76.3 Å². The molecule has 2 aliphatic heterocycles. The second kappa shape index (κ2) is 24.2. The standard InChI is InChI=1S/C42H50F12N6O10/c1-5-57(21-27-9-7-17-55(27)3)37(63)59(31-19-29(65-23-39(43,44)45)11-13-33(31)67-25-41(49,50)51)69-35(61)15-16-36(62)70-60(38(64)58(6-2)22-28-10-8-18-56(28)4)32-20-30(66-24-40(46,47)48)12-14-34(32)68-26-42(52,53)54/h11-16,19-20,27-28H,5-10,17-18,21-26H2,1-4H3/b16-15+. The van der Waals surface area contributed by atoms with E-state index in [1.165, 1.54) is 13.8 Å². The molecule has 0 aromatic heterocycles. The number of hydrogen-bond donors (Lipinski definition) is 0. The van der Waals surface area contributed by atoms with E-state index in [1.54, 1.807) is 14.1 Å². The molecule has 4 amide bonds. The molecule has 70 heavy (non-hydrogen) atoms. The fourth-order valence-corrected chi connectivity index (χ4v) is 7.01. The van der Waals surface area contributed by atoms with Crippen LogP contribution in [0.4, 0.5) is 73.6 Å². The molecule has 0 aliphatic carbocycles. The summed E-state index contributed by atoms with van der Waals surface area (Å²) in [4.78, 5) is 72.1. The van der Waals surface area contributed by atoms with Gasteiger partial charge >= 0.3 is 48.7 Å². The Morgan fingerprint density at radius 3 is 1.17 bits per heavy atom. The SMILES string of the molecule is CCN(CC1CCCN1C)C(=O)N(OC(=O)/C=C/C(=O)ON(C(=O)N(CC)CC1CCCN1C)c1cc(OCC(F)(F)F)ccc1OCC(F)(F)F)c1cc(OCC(F)(F)F)ccc1OCC(F)(F)F. The van der Waals surface area contributed by atoms with Crippen LogP contribution in [0.5, 0.6) is 23.0 Å². The third-order valence-electron chi connectivity index (χ3n) is 10.5. The number of amides is 4. The molecule has 2 fully saturated rings. The Bertz CT molecular complexity index is 1980. The summed E-state index contributed by atoms with van der Waals surface area (Å²) < 4.78 is 178. The van der Waals surface area contributed by atoms with Gasteiger partial charge in [-0.3, -0.25) is 0 Å². The third-order valence-corrected chi connectivity index (χ3v) is 10.5. The summed E-state index contributed by atoms with van der Waals surface area (Å²) in [5.74, 6) is -6.46. The van der Waals surface area contributed by atoms with E-state index in [0.29, 0.717) is 50.2 Å². The van der Waals surface area contributed by atoms with Crippen LogP contribution >= 0.6 is 0 Å². The average molecular weight is 1030 g/mol. The van der Waals surface area contributed by atoms with E-state index in [9.17, 15) is 71.9 Å². The Balaban J connectivity index is 1.76. The highest BCUT2D eigenvalue weighted by atomic mass is 19.4. The number of anilines is 2. The molecule has 2 unspecified atom stereocenters. The molecule has 2 saturated heterocycles. The molecule has 2 aromatic carbocycles. The monoisotopic (exact) mass is 1030 g/mol. The van der Waals surface area contributed by atoms with Gasteiger partial charge in [-0.25, -0.2) is 19.2 Å². The number of likely N-dealkylation sites (N-methyl/N-ethyl adjacent to an activating group) is 4. The molecular formula is C42H50F12N6O10. The zero-order valence-electron chi connectivity index (χ0n) is 38.0. The summed E-state index contributed by atoms with van der Waals surface area (Å²) in [5, 5.41) is 0.183. The minimum atomic E-state index is -5.00. The minimum Gasteiger partial charge on any atom is -0.484 e. The maximum absolute atomic E-state index is 14.2. The van der Waals surface area contributed by atoms with Crippen LogP contribution in [-0.4, -0.2) is 160 Å². The maximum Gasteiger partial charge on any atom is 0.422 e. The number of rotatable bonds is 18. The van der Waals surface area contributed by atoms with Gasteiger partial charge in [-0.05, 0) is 91.0 Å². The lowest BCUT2D eigenvalue weighted by molar-refractivity contribution is -0.154. The molecule has 0 radical (unpaired) electrons. The van der Waals surface area contributed by atoms with Gasteiger partial charge in [-0.15, -0.1) is 10.1 Å². The summed E-state index contributed by atoms with van der Waals surface area (Å²) in [6, 6.07) is 1.14. The molecule has 2 heterocycles. The Morgan fingerprint density at radius 1 is 0.557 bits per heavy atom. The lowest BCUT2D eigenvalue weighted by Gasteiger charge is -2.32. The molecule has 0 N–H and O–H groups in total. The van der Waals surface area contributed by atoms with Crippen molar-refractivity contribution in [3.05, 3.63) is 48.6 Å². The lowest BCUT2D eigenvalue weighted by Crippen LogP contribution is -2.49. The Hall–Kier alpha value is -6.06. The highest BCUT2D eigenvalue weighted by Crippen LogP contribution is 2.38. The number of hydrogen-bond acceptors (Lipinski definition) is 12. The first-order valence-electron chi connectivity index (χ1n) is 21.3. The van der Waals surface area contributed by atoms with Gasteiger partial charge in [-0.1, -0.05) is 0 Å². The quantitative estimate of drug-likeness (QED) is 0.0806. The predicted octanol–water partition coefficient (Wildman–Crippen LogP) is 8.31. The lowest BCUT2D eigenvalue weighted by atomic mass is 10.2. The van der Waals surface area contributed by atoms with Crippen molar-refractivity contribution in [3.8, 4) is 23.0 Å². The zero-order valence-corrected chi connectivity index (χ0v) is 38.0. The van der Waals surface area contributed by atoms with Gasteiger partial charge in [0.05, 0.1) is 0 Å². The van der Waals surface area contributed by atoms with Crippen LogP contribution in [0.2, 0.25) is 0 Å². The normalized spacial score (nSPS) is 17.0. The van der Waals surface area contributed by atoms with Gasteiger partial charge in [0.25, 0.3) is 0 Å². The average Bonchev–Trinajstić information content (AvgIpc) is 3.88. The molecule has 2 aliphatic rings.